The molecule has 1 nitrogen and oxygen atoms in total. The third-order valence-electron chi connectivity index (χ3n) is 3.17. The van der Waals surface area contributed by atoms with Gasteiger partial charge >= 0.3 is 12.4 Å². The molecule has 1 aromatic rings. The van der Waals surface area contributed by atoms with Crippen LogP contribution in [0.3, 0.4) is 0 Å². The van der Waals surface area contributed by atoms with Crippen LogP contribution in [0.25, 0.3) is 0 Å². The van der Waals surface area contributed by atoms with Crippen molar-refractivity contribution in [3.05, 3.63) is 34.9 Å². The predicted molar refractivity (Wildman–Crippen MR) is 69.0 cm³/mol. The van der Waals surface area contributed by atoms with Crippen LogP contribution < -0.4 is 5.32 Å². The lowest BCUT2D eigenvalue weighted by atomic mass is 10.0. The maximum absolute atomic E-state index is 12.7. The molecule has 1 unspecified atom stereocenters. The molecule has 1 saturated heterocycles. The topological polar surface area (TPSA) is 12.0 Å². The molecule has 1 atom stereocenters. The van der Waals surface area contributed by atoms with Crippen LogP contribution in [-0.4, -0.2) is 17.5 Å². The summed E-state index contributed by atoms with van der Waals surface area (Å²) in [6.45, 7) is -0.00176. The molecule has 0 saturated carbocycles. The van der Waals surface area contributed by atoms with Gasteiger partial charge < -0.3 is 5.32 Å². The van der Waals surface area contributed by atoms with Crippen LogP contribution in [-0.2, 0) is 18.9 Å². The summed E-state index contributed by atoms with van der Waals surface area (Å²) < 4.78 is 76.1. The summed E-state index contributed by atoms with van der Waals surface area (Å²) in [7, 11) is 0. The van der Waals surface area contributed by atoms with Crippen LogP contribution in [0.2, 0.25) is 0 Å². The fraction of sp³-hybridized carbons (Fsp3) is 0.538. The van der Waals surface area contributed by atoms with Crippen molar-refractivity contribution in [2.45, 2.75) is 31.4 Å². The molecule has 0 radical (unpaired) electrons. The van der Waals surface area contributed by atoms with E-state index < -0.39 is 23.5 Å². The van der Waals surface area contributed by atoms with Crippen LogP contribution in [0.1, 0.15) is 23.1 Å². The maximum Gasteiger partial charge on any atom is 0.416 e. The lowest BCUT2D eigenvalue weighted by Crippen LogP contribution is -2.28. The highest BCUT2D eigenvalue weighted by atomic mass is 32.2. The van der Waals surface area contributed by atoms with Gasteiger partial charge in [-0.2, -0.15) is 38.1 Å². The normalized spacial score (nSPS) is 20.0. The van der Waals surface area contributed by atoms with Gasteiger partial charge in [0.25, 0.3) is 0 Å². The smallest absolute Gasteiger partial charge is 0.309 e. The van der Waals surface area contributed by atoms with E-state index in [2.05, 4.69) is 5.32 Å². The van der Waals surface area contributed by atoms with Gasteiger partial charge in [0, 0.05) is 18.3 Å². The highest BCUT2D eigenvalue weighted by Crippen LogP contribution is 2.36. The molecular formula is C13H13F6NS. The van der Waals surface area contributed by atoms with Crippen LogP contribution >= 0.6 is 11.8 Å². The maximum atomic E-state index is 12.7. The second-order valence-electron chi connectivity index (χ2n) is 4.86. The second-order valence-corrected chi connectivity index (χ2v) is 6.01. The van der Waals surface area contributed by atoms with Gasteiger partial charge in [-0.05, 0) is 35.9 Å². The average Bonchev–Trinajstić information content (AvgIpc) is 2.87. The molecule has 2 rings (SSSR count). The molecule has 21 heavy (non-hydrogen) atoms. The Hall–Kier alpha value is -0.890. The van der Waals surface area contributed by atoms with Gasteiger partial charge in [-0.3, -0.25) is 0 Å². The quantitative estimate of drug-likeness (QED) is 0.829. The Morgan fingerprint density at radius 1 is 1.00 bits per heavy atom. The first kappa shape index (κ1) is 16.5. The number of alkyl halides is 6. The summed E-state index contributed by atoms with van der Waals surface area (Å²) in [5, 5.41) is 3.00. The van der Waals surface area contributed by atoms with Crippen molar-refractivity contribution in [3.8, 4) is 0 Å². The first-order chi connectivity index (χ1) is 9.66. The summed E-state index contributed by atoms with van der Waals surface area (Å²) in [4.78, 5) is 0. The van der Waals surface area contributed by atoms with Crippen molar-refractivity contribution in [1.29, 1.82) is 0 Å². The van der Waals surface area contributed by atoms with E-state index in [1.165, 1.54) is 0 Å². The van der Waals surface area contributed by atoms with Gasteiger partial charge in [0.05, 0.1) is 11.1 Å². The molecular weight excluding hydrogens is 316 g/mol. The van der Waals surface area contributed by atoms with Crippen molar-refractivity contribution in [2.24, 2.45) is 0 Å². The summed E-state index contributed by atoms with van der Waals surface area (Å²) in [5.41, 5.74) is -2.54. The van der Waals surface area contributed by atoms with Gasteiger partial charge in [-0.1, -0.05) is 0 Å². The lowest BCUT2D eigenvalue weighted by Gasteiger charge is -2.16. The Bertz CT molecular complexity index is 458. The zero-order chi connectivity index (χ0) is 15.7. The second kappa shape index (κ2) is 6.08. The molecule has 1 aliphatic rings. The van der Waals surface area contributed by atoms with E-state index in [0.717, 1.165) is 30.1 Å². The SMILES string of the molecule is FC(F)(F)c1cc(CNC2CCSC2)cc(C(F)(F)F)c1. The molecule has 0 bridgehead atoms. The Kier molecular flexibility index (Phi) is 4.77. The summed E-state index contributed by atoms with van der Waals surface area (Å²) in [6.07, 6.45) is -8.71. The molecule has 1 N–H and O–H groups in total. The molecule has 0 aliphatic carbocycles. The van der Waals surface area contributed by atoms with Gasteiger partial charge in [0.1, 0.15) is 0 Å². The van der Waals surface area contributed by atoms with E-state index >= 15 is 0 Å². The van der Waals surface area contributed by atoms with E-state index in [4.69, 9.17) is 0 Å². The van der Waals surface area contributed by atoms with Crippen molar-refractivity contribution in [1.82, 2.24) is 5.32 Å². The Balaban J connectivity index is 2.22. The number of nitrogens with one attached hydrogen (secondary N) is 1. The third-order valence-corrected chi connectivity index (χ3v) is 4.33. The number of benzene rings is 1. The molecule has 1 aliphatic heterocycles. The molecule has 0 aromatic heterocycles. The minimum atomic E-state index is -4.79. The zero-order valence-corrected chi connectivity index (χ0v) is 11.6. The Morgan fingerprint density at radius 3 is 2.00 bits per heavy atom. The standard InChI is InChI=1S/C13H13F6NS/c14-12(15,16)9-3-8(4-10(5-9)13(17,18)19)6-20-11-1-2-21-7-11/h3-5,11,20H,1-2,6-7H2. The first-order valence-corrected chi connectivity index (χ1v) is 7.41. The van der Waals surface area contributed by atoms with E-state index in [1.54, 1.807) is 11.8 Å². The van der Waals surface area contributed by atoms with E-state index in [0.29, 0.717) is 0 Å². The minimum Gasteiger partial charge on any atom is -0.309 e. The monoisotopic (exact) mass is 329 g/mol. The van der Waals surface area contributed by atoms with Crippen LogP contribution in [0.5, 0.6) is 0 Å². The van der Waals surface area contributed by atoms with E-state index in [9.17, 15) is 26.3 Å². The van der Waals surface area contributed by atoms with E-state index in [1.807, 2.05) is 0 Å². The van der Waals surface area contributed by atoms with Crippen molar-refractivity contribution in [3.63, 3.8) is 0 Å². The van der Waals surface area contributed by atoms with E-state index in [-0.39, 0.29) is 24.2 Å². The first-order valence-electron chi connectivity index (χ1n) is 6.26. The highest BCUT2D eigenvalue weighted by molar-refractivity contribution is 7.99. The van der Waals surface area contributed by atoms with Crippen molar-refractivity contribution in [2.75, 3.05) is 11.5 Å². The molecule has 8 heteroatoms. The highest BCUT2D eigenvalue weighted by Gasteiger charge is 2.36. The molecule has 118 valence electrons. The molecule has 1 fully saturated rings. The molecule has 0 spiro atoms. The largest absolute Gasteiger partial charge is 0.416 e. The fourth-order valence-corrected chi connectivity index (χ4v) is 3.27. The molecule has 1 aromatic carbocycles. The minimum absolute atomic E-state index is 0.00176. The number of hydrogen-bond acceptors (Lipinski definition) is 2. The predicted octanol–water partition coefficient (Wildman–Crippen LogP) is 4.32. The number of halogens is 6. The summed E-state index contributed by atoms with van der Waals surface area (Å²) >= 11 is 1.71. The van der Waals surface area contributed by atoms with Gasteiger partial charge in [-0.15, -0.1) is 0 Å². The summed E-state index contributed by atoms with van der Waals surface area (Å²) in [6, 6.07) is 1.82. The summed E-state index contributed by atoms with van der Waals surface area (Å²) in [5.74, 6) is 1.78. The van der Waals surface area contributed by atoms with Gasteiger partial charge in [0.15, 0.2) is 0 Å². The van der Waals surface area contributed by atoms with Crippen LogP contribution in [0, 0.1) is 0 Å². The van der Waals surface area contributed by atoms with Gasteiger partial charge in [-0.25, -0.2) is 0 Å². The zero-order valence-electron chi connectivity index (χ0n) is 10.8. The fourth-order valence-electron chi connectivity index (χ4n) is 2.08. The number of thioether (sulfide) groups is 1. The molecule has 1 heterocycles. The lowest BCUT2D eigenvalue weighted by molar-refractivity contribution is -0.143. The van der Waals surface area contributed by atoms with Crippen LogP contribution in [0.4, 0.5) is 26.3 Å². The van der Waals surface area contributed by atoms with Crippen molar-refractivity contribution >= 4 is 11.8 Å². The van der Waals surface area contributed by atoms with Crippen molar-refractivity contribution < 1.29 is 26.3 Å². The number of rotatable bonds is 3. The Morgan fingerprint density at radius 2 is 1.57 bits per heavy atom. The Labute approximate surface area is 122 Å². The van der Waals surface area contributed by atoms with Gasteiger partial charge in [0.2, 0.25) is 0 Å². The number of hydrogen-bond donors (Lipinski definition) is 1. The molecule has 0 amide bonds. The third kappa shape index (κ3) is 4.54. The van der Waals surface area contributed by atoms with Crippen LogP contribution in [0.15, 0.2) is 18.2 Å². The average molecular weight is 329 g/mol.